The Morgan fingerprint density at radius 3 is 2.88 bits per heavy atom. The van der Waals surface area contributed by atoms with Gasteiger partial charge in [0, 0.05) is 17.8 Å². The Morgan fingerprint density at radius 2 is 2.19 bits per heavy atom. The molecule has 6 heteroatoms. The van der Waals surface area contributed by atoms with Crippen LogP contribution in [0.4, 0.5) is 10.9 Å². The first-order valence-electron chi connectivity index (χ1n) is 4.50. The highest BCUT2D eigenvalue weighted by molar-refractivity contribution is 7.14. The average Bonchev–Trinajstić information content (AvgIpc) is 2.78. The predicted octanol–water partition coefficient (Wildman–Crippen LogP) is 2.07. The van der Waals surface area contributed by atoms with Crippen molar-refractivity contribution < 1.29 is 9.53 Å². The summed E-state index contributed by atoms with van der Waals surface area (Å²) >= 11 is 1.40. The number of carbonyl (C=O) groups is 1. The Bertz CT molecular complexity index is 484. The standard InChI is InChI=1S/C10H9N3O2S/c1-15-9(14)7-5-8(16-6-7)13-10-11-3-2-4-12-10/h2-6H,1H3,(H,11,12,13). The minimum absolute atomic E-state index is 0.349. The van der Waals surface area contributed by atoms with Gasteiger partial charge in [-0.05, 0) is 12.1 Å². The highest BCUT2D eigenvalue weighted by Crippen LogP contribution is 2.23. The van der Waals surface area contributed by atoms with Crippen LogP contribution in [-0.2, 0) is 4.74 Å². The highest BCUT2D eigenvalue weighted by atomic mass is 32.1. The molecule has 16 heavy (non-hydrogen) atoms. The maximum atomic E-state index is 11.2. The lowest BCUT2D eigenvalue weighted by Crippen LogP contribution is -1.98. The summed E-state index contributed by atoms with van der Waals surface area (Å²) < 4.78 is 4.61. The molecule has 0 aromatic carbocycles. The quantitative estimate of drug-likeness (QED) is 0.825. The van der Waals surface area contributed by atoms with Crippen molar-refractivity contribution in [2.75, 3.05) is 12.4 Å². The lowest BCUT2D eigenvalue weighted by molar-refractivity contribution is 0.0601. The molecule has 0 amide bonds. The molecule has 0 aliphatic carbocycles. The summed E-state index contributed by atoms with van der Waals surface area (Å²) in [5, 5.41) is 5.51. The molecule has 0 spiro atoms. The van der Waals surface area contributed by atoms with Crippen LogP contribution < -0.4 is 5.32 Å². The Kier molecular flexibility index (Phi) is 3.11. The van der Waals surface area contributed by atoms with Crippen LogP contribution in [0, 0.1) is 0 Å². The summed E-state index contributed by atoms with van der Waals surface area (Å²) in [7, 11) is 1.35. The fourth-order valence-corrected chi connectivity index (χ4v) is 1.86. The lowest BCUT2D eigenvalue weighted by Gasteiger charge is -1.98. The van der Waals surface area contributed by atoms with Gasteiger partial charge in [-0.15, -0.1) is 11.3 Å². The van der Waals surface area contributed by atoms with Gasteiger partial charge in [-0.1, -0.05) is 0 Å². The number of esters is 1. The number of hydrogen-bond acceptors (Lipinski definition) is 6. The second kappa shape index (κ2) is 4.71. The second-order valence-electron chi connectivity index (χ2n) is 2.89. The van der Waals surface area contributed by atoms with Gasteiger partial charge in [0.15, 0.2) is 0 Å². The third-order valence-electron chi connectivity index (χ3n) is 1.82. The van der Waals surface area contributed by atoms with E-state index in [4.69, 9.17) is 0 Å². The van der Waals surface area contributed by atoms with Crippen molar-refractivity contribution in [1.82, 2.24) is 9.97 Å². The smallest absolute Gasteiger partial charge is 0.338 e. The predicted molar refractivity (Wildman–Crippen MR) is 61.0 cm³/mol. The minimum Gasteiger partial charge on any atom is -0.465 e. The number of nitrogens with zero attached hydrogens (tertiary/aromatic N) is 2. The SMILES string of the molecule is COC(=O)c1csc(Nc2ncccn2)c1. The molecule has 0 saturated carbocycles. The van der Waals surface area contributed by atoms with E-state index in [1.807, 2.05) is 0 Å². The van der Waals surface area contributed by atoms with Gasteiger partial charge >= 0.3 is 5.97 Å². The van der Waals surface area contributed by atoms with Gasteiger partial charge in [0.25, 0.3) is 0 Å². The first kappa shape index (κ1) is 10.6. The van der Waals surface area contributed by atoms with Gasteiger partial charge in [-0.2, -0.15) is 0 Å². The van der Waals surface area contributed by atoms with Gasteiger partial charge in [0.1, 0.15) is 0 Å². The molecule has 0 radical (unpaired) electrons. The molecule has 2 rings (SSSR count). The number of nitrogens with one attached hydrogen (secondary N) is 1. The zero-order valence-electron chi connectivity index (χ0n) is 8.51. The maximum Gasteiger partial charge on any atom is 0.338 e. The number of aromatic nitrogens is 2. The molecular weight excluding hydrogens is 226 g/mol. The summed E-state index contributed by atoms with van der Waals surface area (Å²) in [6.45, 7) is 0. The van der Waals surface area contributed by atoms with E-state index in [2.05, 4.69) is 20.0 Å². The molecule has 0 aliphatic heterocycles. The summed E-state index contributed by atoms with van der Waals surface area (Å²) in [5.74, 6) is 0.152. The molecule has 1 N–H and O–H groups in total. The number of ether oxygens (including phenoxy) is 1. The van der Waals surface area contributed by atoms with Gasteiger partial charge < -0.3 is 10.1 Å². The number of thiophene rings is 1. The molecule has 2 aromatic heterocycles. The summed E-state index contributed by atoms with van der Waals surface area (Å²) in [6, 6.07) is 3.44. The van der Waals surface area contributed by atoms with E-state index in [9.17, 15) is 4.79 Å². The zero-order valence-corrected chi connectivity index (χ0v) is 9.32. The Morgan fingerprint density at radius 1 is 1.44 bits per heavy atom. The van der Waals surface area contributed by atoms with Crippen molar-refractivity contribution in [2.24, 2.45) is 0 Å². The van der Waals surface area contributed by atoms with Crippen LogP contribution in [0.1, 0.15) is 10.4 Å². The number of methoxy groups -OCH3 is 1. The van der Waals surface area contributed by atoms with Crippen LogP contribution in [0.3, 0.4) is 0 Å². The topological polar surface area (TPSA) is 64.1 Å². The van der Waals surface area contributed by atoms with Crippen molar-refractivity contribution in [3.63, 3.8) is 0 Å². The van der Waals surface area contributed by atoms with Crippen molar-refractivity contribution in [3.05, 3.63) is 35.5 Å². The molecule has 82 valence electrons. The lowest BCUT2D eigenvalue weighted by atomic mass is 10.3. The van der Waals surface area contributed by atoms with Crippen LogP contribution in [0.2, 0.25) is 0 Å². The fourth-order valence-electron chi connectivity index (χ4n) is 1.10. The summed E-state index contributed by atoms with van der Waals surface area (Å²) in [6.07, 6.45) is 3.29. The van der Waals surface area contributed by atoms with E-state index in [1.165, 1.54) is 18.4 Å². The van der Waals surface area contributed by atoms with Gasteiger partial charge in [0.05, 0.1) is 17.7 Å². The maximum absolute atomic E-state index is 11.2. The average molecular weight is 235 g/mol. The molecule has 0 saturated heterocycles. The summed E-state index contributed by atoms with van der Waals surface area (Å²) in [5.41, 5.74) is 0.519. The zero-order chi connectivity index (χ0) is 11.4. The molecule has 0 atom stereocenters. The molecule has 0 aliphatic rings. The van der Waals surface area contributed by atoms with Crippen LogP contribution in [-0.4, -0.2) is 23.0 Å². The van der Waals surface area contributed by atoms with Crippen molar-refractivity contribution in [2.45, 2.75) is 0 Å². The monoisotopic (exact) mass is 235 g/mol. The van der Waals surface area contributed by atoms with E-state index >= 15 is 0 Å². The first-order valence-corrected chi connectivity index (χ1v) is 5.38. The molecule has 2 heterocycles. The molecule has 0 unspecified atom stereocenters. The Balaban J connectivity index is 2.12. The van der Waals surface area contributed by atoms with Crippen molar-refractivity contribution >= 4 is 28.3 Å². The molecule has 0 fully saturated rings. The van der Waals surface area contributed by atoms with E-state index in [1.54, 1.807) is 29.9 Å². The highest BCUT2D eigenvalue weighted by Gasteiger charge is 2.08. The van der Waals surface area contributed by atoms with E-state index in [0.717, 1.165) is 5.00 Å². The number of rotatable bonds is 3. The minimum atomic E-state index is -0.349. The van der Waals surface area contributed by atoms with Gasteiger partial charge in [0.2, 0.25) is 5.95 Å². The van der Waals surface area contributed by atoms with Crippen LogP contribution in [0.15, 0.2) is 29.9 Å². The Labute approximate surface area is 96.1 Å². The molecule has 2 aromatic rings. The Hall–Kier alpha value is -1.95. The fraction of sp³-hybridized carbons (Fsp3) is 0.100. The van der Waals surface area contributed by atoms with Gasteiger partial charge in [-0.3, -0.25) is 0 Å². The molecule has 0 bridgehead atoms. The second-order valence-corrected chi connectivity index (χ2v) is 3.80. The van der Waals surface area contributed by atoms with Crippen molar-refractivity contribution in [1.29, 1.82) is 0 Å². The number of hydrogen-bond donors (Lipinski definition) is 1. The van der Waals surface area contributed by atoms with Crippen molar-refractivity contribution in [3.8, 4) is 0 Å². The third-order valence-corrected chi connectivity index (χ3v) is 2.67. The largest absolute Gasteiger partial charge is 0.465 e. The van der Waals surface area contributed by atoms with E-state index < -0.39 is 0 Å². The summed E-state index contributed by atoms with van der Waals surface area (Å²) in [4.78, 5) is 19.2. The van der Waals surface area contributed by atoms with E-state index in [-0.39, 0.29) is 5.97 Å². The van der Waals surface area contributed by atoms with Gasteiger partial charge in [-0.25, -0.2) is 14.8 Å². The number of carbonyl (C=O) groups excluding carboxylic acids is 1. The van der Waals surface area contributed by atoms with E-state index in [0.29, 0.717) is 11.5 Å². The first-order chi connectivity index (χ1) is 7.79. The van der Waals surface area contributed by atoms with Crippen LogP contribution in [0.25, 0.3) is 0 Å². The third kappa shape index (κ3) is 2.34. The molecular formula is C10H9N3O2S. The number of anilines is 2. The van der Waals surface area contributed by atoms with Crippen LogP contribution >= 0.6 is 11.3 Å². The molecule has 5 nitrogen and oxygen atoms in total. The normalized spacial score (nSPS) is 9.81. The van der Waals surface area contributed by atoms with Crippen LogP contribution in [0.5, 0.6) is 0 Å².